The average Bonchev–Trinajstić information content (AvgIpc) is 3.44. The van der Waals surface area contributed by atoms with Gasteiger partial charge in [0.1, 0.15) is 10.6 Å². The highest BCUT2D eigenvalue weighted by Crippen LogP contribution is 2.29. The smallest absolute Gasteiger partial charge is 0.267 e. The van der Waals surface area contributed by atoms with Gasteiger partial charge in [-0.05, 0) is 42.8 Å². The zero-order chi connectivity index (χ0) is 28.1. The first-order chi connectivity index (χ1) is 19.4. The normalized spacial score (nSPS) is 13.8. The van der Waals surface area contributed by atoms with Crippen LogP contribution < -0.4 is 20.3 Å². The second kappa shape index (κ2) is 12.6. The third-order valence-corrected chi connectivity index (χ3v) is 7.68. The summed E-state index contributed by atoms with van der Waals surface area (Å²) in [6.07, 6.45) is 1.50. The molecule has 1 aliphatic heterocycles. The van der Waals surface area contributed by atoms with Crippen LogP contribution >= 0.6 is 22.9 Å². The number of anilines is 4. The van der Waals surface area contributed by atoms with Crippen LogP contribution in [0.4, 0.5) is 22.7 Å². The maximum absolute atomic E-state index is 12.9. The number of methoxy groups -OCH3 is 1. The van der Waals surface area contributed by atoms with Gasteiger partial charge in [-0.1, -0.05) is 35.1 Å². The first-order valence-corrected chi connectivity index (χ1v) is 13.9. The standard InChI is InChI=1S/C27H29ClN8O3S/c1-17-4-3-5-20(28)22(17)30-24(38)21-16-29-27(40-21)34-25-31-23(18-6-8-19(39-2)9-7-18)32-26(33-25)36-12-10-35(11-13-36)14-15-37/h3-9,16,37H,10-15H2,1-2H3,(H,30,38)(H,29,31,32,33,34). The number of para-hydroxylation sites is 1. The van der Waals surface area contributed by atoms with Gasteiger partial charge >= 0.3 is 0 Å². The molecule has 0 saturated carbocycles. The Morgan fingerprint density at radius 3 is 2.58 bits per heavy atom. The summed E-state index contributed by atoms with van der Waals surface area (Å²) in [6.45, 7) is 5.68. The molecule has 11 nitrogen and oxygen atoms in total. The van der Waals surface area contributed by atoms with Gasteiger partial charge in [-0.15, -0.1) is 0 Å². The highest BCUT2D eigenvalue weighted by atomic mass is 35.5. The Hall–Kier alpha value is -3.84. The third kappa shape index (κ3) is 6.48. The number of carbonyl (C=O) groups excluding carboxylic acids is 1. The van der Waals surface area contributed by atoms with Gasteiger partial charge < -0.3 is 20.1 Å². The van der Waals surface area contributed by atoms with Crippen LogP contribution in [0.15, 0.2) is 48.7 Å². The van der Waals surface area contributed by atoms with Gasteiger partial charge in [-0.25, -0.2) is 4.98 Å². The maximum atomic E-state index is 12.9. The van der Waals surface area contributed by atoms with Gasteiger partial charge in [0.05, 0.1) is 30.6 Å². The topological polar surface area (TPSA) is 129 Å². The Morgan fingerprint density at radius 2 is 1.88 bits per heavy atom. The van der Waals surface area contributed by atoms with Gasteiger partial charge in [-0.2, -0.15) is 15.0 Å². The van der Waals surface area contributed by atoms with E-state index in [0.717, 1.165) is 30.0 Å². The van der Waals surface area contributed by atoms with Crippen LogP contribution in [-0.4, -0.2) is 82.3 Å². The highest BCUT2D eigenvalue weighted by molar-refractivity contribution is 7.17. The second-order valence-electron chi connectivity index (χ2n) is 9.10. The molecular formula is C27H29ClN8O3S. The van der Waals surface area contributed by atoms with Crippen LogP contribution in [-0.2, 0) is 0 Å². The van der Waals surface area contributed by atoms with E-state index in [4.69, 9.17) is 21.3 Å². The molecule has 2 aromatic heterocycles. The van der Waals surface area contributed by atoms with Crippen LogP contribution in [0.2, 0.25) is 5.02 Å². The summed E-state index contributed by atoms with van der Waals surface area (Å²) >= 11 is 7.45. The Balaban J connectivity index is 1.38. The summed E-state index contributed by atoms with van der Waals surface area (Å²) in [5.41, 5.74) is 2.24. The molecule has 1 fully saturated rings. The fourth-order valence-corrected chi connectivity index (χ4v) is 5.22. The Bertz CT molecular complexity index is 1450. The average molecular weight is 581 g/mol. The molecule has 1 aliphatic rings. The fourth-order valence-electron chi connectivity index (χ4n) is 4.24. The van der Waals surface area contributed by atoms with E-state index < -0.39 is 0 Å². The predicted octanol–water partition coefficient (Wildman–Crippen LogP) is 4.08. The minimum Gasteiger partial charge on any atom is -0.497 e. The molecule has 208 valence electrons. The first-order valence-electron chi connectivity index (χ1n) is 12.7. The minimum atomic E-state index is -0.308. The summed E-state index contributed by atoms with van der Waals surface area (Å²) in [5.74, 6) is 1.78. The molecule has 1 amide bonds. The number of hydrogen-bond acceptors (Lipinski definition) is 11. The molecule has 0 spiro atoms. The molecule has 0 atom stereocenters. The molecule has 0 aliphatic carbocycles. The van der Waals surface area contributed by atoms with Crippen LogP contribution in [0.25, 0.3) is 11.4 Å². The van der Waals surface area contributed by atoms with Crippen molar-refractivity contribution < 1.29 is 14.6 Å². The lowest BCUT2D eigenvalue weighted by Crippen LogP contribution is -2.47. The molecule has 1 saturated heterocycles. The van der Waals surface area contributed by atoms with E-state index in [1.165, 1.54) is 17.5 Å². The van der Waals surface area contributed by atoms with E-state index in [0.29, 0.717) is 58.1 Å². The van der Waals surface area contributed by atoms with Crippen LogP contribution in [0.3, 0.4) is 0 Å². The van der Waals surface area contributed by atoms with Crippen molar-refractivity contribution in [2.24, 2.45) is 0 Å². The number of benzene rings is 2. The molecule has 5 rings (SSSR count). The summed E-state index contributed by atoms with van der Waals surface area (Å²) < 4.78 is 5.29. The van der Waals surface area contributed by atoms with Crippen LogP contribution in [0.1, 0.15) is 15.2 Å². The maximum Gasteiger partial charge on any atom is 0.267 e. The number of aliphatic hydroxyl groups is 1. The zero-order valence-corrected chi connectivity index (χ0v) is 23.7. The number of rotatable bonds is 9. The van der Waals surface area contributed by atoms with Crippen molar-refractivity contribution in [3.63, 3.8) is 0 Å². The van der Waals surface area contributed by atoms with Crippen molar-refractivity contribution >= 4 is 51.6 Å². The quantitative estimate of drug-likeness (QED) is 0.266. The first kappa shape index (κ1) is 27.7. The van der Waals surface area contributed by atoms with Crippen molar-refractivity contribution in [1.29, 1.82) is 0 Å². The molecule has 3 heterocycles. The molecule has 4 aromatic rings. The summed E-state index contributed by atoms with van der Waals surface area (Å²) in [5, 5.41) is 16.2. The molecule has 13 heteroatoms. The van der Waals surface area contributed by atoms with Crippen molar-refractivity contribution in [2.45, 2.75) is 6.92 Å². The monoisotopic (exact) mass is 580 g/mol. The van der Waals surface area contributed by atoms with Crippen LogP contribution in [0, 0.1) is 6.92 Å². The number of nitrogens with one attached hydrogen (secondary N) is 2. The zero-order valence-electron chi connectivity index (χ0n) is 22.1. The number of hydrogen-bond donors (Lipinski definition) is 3. The summed E-state index contributed by atoms with van der Waals surface area (Å²) in [7, 11) is 1.62. The molecule has 3 N–H and O–H groups in total. The lowest BCUT2D eigenvalue weighted by molar-refractivity contribution is 0.103. The molecule has 2 aromatic carbocycles. The van der Waals surface area contributed by atoms with E-state index in [1.54, 1.807) is 13.2 Å². The third-order valence-electron chi connectivity index (χ3n) is 6.45. The molecule has 0 unspecified atom stereocenters. The highest BCUT2D eigenvalue weighted by Gasteiger charge is 2.21. The summed E-state index contributed by atoms with van der Waals surface area (Å²) in [4.78, 5) is 36.1. The fraction of sp³-hybridized carbons (Fsp3) is 0.296. The number of piperazine rings is 1. The number of aryl methyl sites for hydroxylation is 1. The number of halogens is 1. The van der Waals surface area contributed by atoms with Gasteiger partial charge in [0.2, 0.25) is 11.9 Å². The van der Waals surface area contributed by atoms with Gasteiger partial charge in [0, 0.05) is 38.3 Å². The number of thiazole rings is 1. The van der Waals surface area contributed by atoms with Crippen molar-refractivity contribution in [2.75, 3.05) is 62.0 Å². The van der Waals surface area contributed by atoms with E-state index in [1.807, 2.05) is 43.3 Å². The lowest BCUT2D eigenvalue weighted by Gasteiger charge is -2.34. The van der Waals surface area contributed by atoms with E-state index >= 15 is 0 Å². The summed E-state index contributed by atoms with van der Waals surface area (Å²) in [6, 6.07) is 12.9. The number of nitrogens with zero attached hydrogens (tertiary/aromatic N) is 6. The number of β-amino-alcohol motifs (C(OH)–C–C–N with tert-alkyl or cyclic N) is 1. The SMILES string of the molecule is COc1ccc(-c2nc(Nc3ncc(C(=O)Nc4c(C)cccc4Cl)s3)nc(N3CCN(CCO)CC3)n2)cc1. The Kier molecular flexibility index (Phi) is 8.70. The Labute approximate surface area is 240 Å². The molecule has 0 bridgehead atoms. The number of aromatic nitrogens is 4. The van der Waals surface area contributed by atoms with Gasteiger partial charge in [0.25, 0.3) is 5.91 Å². The second-order valence-corrected chi connectivity index (χ2v) is 10.5. The van der Waals surface area contributed by atoms with Crippen molar-refractivity contribution in [3.8, 4) is 17.1 Å². The number of amides is 1. The van der Waals surface area contributed by atoms with Gasteiger partial charge in [-0.3, -0.25) is 15.0 Å². The molecule has 0 radical (unpaired) electrons. The number of carbonyl (C=O) groups is 1. The number of ether oxygens (including phenoxy) is 1. The predicted molar refractivity (Wildman–Crippen MR) is 157 cm³/mol. The van der Waals surface area contributed by atoms with Crippen LogP contribution in [0.5, 0.6) is 5.75 Å². The number of aliphatic hydroxyl groups excluding tert-OH is 1. The van der Waals surface area contributed by atoms with Crippen molar-refractivity contribution in [3.05, 3.63) is 64.1 Å². The Morgan fingerprint density at radius 1 is 1.10 bits per heavy atom. The molecular weight excluding hydrogens is 552 g/mol. The largest absolute Gasteiger partial charge is 0.497 e. The van der Waals surface area contributed by atoms with Gasteiger partial charge in [0.15, 0.2) is 11.0 Å². The minimum absolute atomic E-state index is 0.132. The van der Waals surface area contributed by atoms with E-state index in [-0.39, 0.29) is 12.5 Å². The van der Waals surface area contributed by atoms with E-state index in [9.17, 15) is 9.90 Å². The van der Waals surface area contributed by atoms with Crippen molar-refractivity contribution in [1.82, 2.24) is 24.8 Å². The van der Waals surface area contributed by atoms with E-state index in [2.05, 4.69) is 35.4 Å². The molecule has 40 heavy (non-hydrogen) atoms. The lowest BCUT2D eigenvalue weighted by atomic mass is 10.2.